The van der Waals surface area contributed by atoms with E-state index in [-0.39, 0.29) is 0 Å². The maximum Gasteiger partial charge on any atom is 0.00390 e. The van der Waals surface area contributed by atoms with Crippen molar-refractivity contribution in [3.8, 4) is 0 Å². The zero-order valence-electron chi connectivity index (χ0n) is 7.14. The fourth-order valence-electron chi connectivity index (χ4n) is 1.81. The van der Waals surface area contributed by atoms with Crippen LogP contribution in [0.15, 0.2) is 0 Å². The molecular weight excluding hydrogens is 122 g/mol. The standard InChI is InChI=1S/C9H19N/c1-7(2)8-3-5-9(10)6-4-8/h7-9H,3-6,10H2,1-2H3. The van der Waals surface area contributed by atoms with Gasteiger partial charge >= 0.3 is 0 Å². The zero-order valence-corrected chi connectivity index (χ0v) is 7.14. The minimum absolute atomic E-state index is 0.509. The second kappa shape index (κ2) is 3.38. The molecule has 1 aliphatic rings. The normalized spacial score (nSPS) is 34.8. The van der Waals surface area contributed by atoms with Gasteiger partial charge in [-0.1, -0.05) is 13.8 Å². The van der Waals surface area contributed by atoms with Crippen LogP contribution in [-0.2, 0) is 0 Å². The minimum atomic E-state index is 0.509. The summed E-state index contributed by atoms with van der Waals surface area (Å²) in [6.07, 6.45) is 5.23. The molecule has 2 N–H and O–H groups in total. The Labute approximate surface area is 64.0 Å². The molecule has 0 aromatic heterocycles. The summed E-state index contributed by atoms with van der Waals surface area (Å²) in [5.41, 5.74) is 5.80. The molecule has 0 radical (unpaired) electrons. The van der Waals surface area contributed by atoms with E-state index in [1.165, 1.54) is 25.7 Å². The lowest BCUT2D eigenvalue weighted by molar-refractivity contribution is 0.259. The second-order valence-electron chi connectivity index (χ2n) is 3.92. The van der Waals surface area contributed by atoms with E-state index in [9.17, 15) is 0 Å². The van der Waals surface area contributed by atoms with Gasteiger partial charge in [0.1, 0.15) is 0 Å². The molecule has 0 unspecified atom stereocenters. The van der Waals surface area contributed by atoms with Crippen LogP contribution in [0.4, 0.5) is 0 Å². The number of rotatable bonds is 1. The van der Waals surface area contributed by atoms with Gasteiger partial charge in [0.2, 0.25) is 0 Å². The lowest BCUT2D eigenvalue weighted by Crippen LogP contribution is -2.28. The zero-order chi connectivity index (χ0) is 7.56. The molecule has 1 aliphatic carbocycles. The summed E-state index contributed by atoms with van der Waals surface area (Å²) < 4.78 is 0. The van der Waals surface area contributed by atoms with Gasteiger partial charge in [-0.25, -0.2) is 0 Å². The first-order valence-corrected chi connectivity index (χ1v) is 4.45. The summed E-state index contributed by atoms with van der Waals surface area (Å²) in [6.45, 7) is 4.64. The summed E-state index contributed by atoms with van der Waals surface area (Å²) in [4.78, 5) is 0. The molecule has 1 rings (SSSR count). The summed E-state index contributed by atoms with van der Waals surface area (Å²) in [5.74, 6) is 1.83. The quantitative estimate of drug-likeness (QED) is 0.595. The first-order chi connectivity index (χ1) is 4.70. The predicted octanol–water partition coefficient (Wildman–Crippen LogP) is 2.16. The van der Waals surface area contributed by atoms with E-state index in [1.807, 2.05) is 0 Å². The monoisotopic (exact) mass is 141 g/mol. The minimum Gasteiger partial charge on any atom is -0.328 e. The van der Waals surface area contributed by atoms with E-state index in [4.69, 9.17) is 5.73 Å². The van der Waals surface area contributed by atoms with Gasteiger partial charge in [-0.05, 0) is 37.5 Å². The highest BCUT2D eigenvalue weighted by Gasteiger charge is 2.20. The molecule has 0 bridgehead atoms. The number of hydrogen-bond donors (Lipinski definition) is 1. The Morgan fingerprint density at radius 2 is 1.60 bits per heavy atom. The third kappa shape index (κ3) is 1.98. The van der Waals surface area contributed by atoms with Crippen LogP contribution in [0.2, 0.25) is 0 Å². The van der Waals surface area contributed by atoms with E-state index in [0.29, 0.717) is 6.04 Å². The van der Waals surface area contributed by atoms with Crippen LogP contribution in [0.5, 0.6) is 0 Å². The van der Waals surface area contributed by atoms with E-state index < -0.39 is 0 Å². The van der Waals surface area contributed by atoms with Crippen LogP contribution >= 0.6 is 0 Å². The van der Waals surface area contributed by atoms with Gasteiger partial charge in [0.05, 0.1) is 0 Å². The van der Waals surface area contributed by atoms with Crippen LogP contribution in [-0.4, -0.2) is 6.04 Å². The molecule has 0 atom stereocenters. The van der Waals surface area contributed by atoms with Crippen molar-refractivity contribution in [1.82, 2.24) is 0 Å². The van der Waals surface area contributed by atoms with E-state index in [1.54, 1.807) is 0 Å². The summed E-state index contributed by atoms with van der Waals surface area (Å²) in [5, 5.41) is 0. The fraction of sp³-hybridized carbons (Fsp3) is 1.00. The highest BCUT2D eigenvalue weighted by molar-refractivity contribution is 4.75. The van der Waals surface area contributed by atoms with Crippen LogP contribution in [0.3, 0.4) is 0 Å². The molecule has 10 heavy (non-hydrogen) atoms. The topological polar surface area (TPSA) is 26.0 Å². The van der Waals surface area contributed by atoms with Gasteiger partial charge in [-0.3, -0.25) is 0 Å². The van der Waals surface area contributed by atoms with Crippen LogP contribution in [0.25, 0.3) is 0 Å². The van der Waals surface area contributed by atoms with Crippen molar-refractivity contribution < 1.29 is 0 Å². The Morgan fingerprint density at radius 1 is 1.10 bits per heavy atom. The smallest absolute Gasteiger partial charge is 0.00390 e. The Bertz CT molecular complexity index is 90.9. The third-order valence-corrected chi connectivity index (χ3v) is 2.76. The fourth-order valence-corrected chi connectivity index (χ4v) is 1.81. The van der Waals surface area contributed by atoms with Crippen molar-refractivity contribution in [3.05, 3.63) is 0 Å². The summed E-state index contributed by atoms with van der Waals surface area (Å²) in [6, 6.07) is 0.509. The average Bonchev–Trinajstić information content (AvgIpc) is 1.88. The molecule has 0 heterocycles. The average molecular weight is 141 g/mol. The molecule has 0 aromatic rings. The summed E-state index contributed by atoms with van der Waals surface area (Å²) >= 11 is 0. The van der Waals surface area contributed by atoms with Crippen molar-refractivity contribution in [2.45, 2.75) is 45.6 Å². The Kier molecular flexibility index (Phi) is 2.72. The molecule has 0 amide bonds. The molecule has 0 aliphatic heterocycles. The Morgan fingerprint density at radius 3 is 2.00 bits per heavy atom. The molecule has 1 saturated carbocycles. The molecule has 1 fully saturated rings. The predicted molar refractivity (Wildman–Crippen MR) is 44.8 cm³/mol. The highest BCUT2D eigenvalue weighted by atomic mass is 14.6. The summed E-state index contributed by atoms with van der Waals surface area (Å²) in [7, 11) is 0. The van der Waals surface area contributed by atoms with E-state index >= 15 is 0 Å². The highest BCUT2D eigenvalue weighted by Crippen LogP contribution is 2.28. The second-order valence-corrected chi connectivity index (χ2v) is 3.92. The SMILES string of the molecule is CC(C)C1CCC(N)CC1. The first kappa shape index (κ1) is 8.06. The maximum absolute atomic E-state index is 5.80. The number of hydrogen-bond acceptors (Lipinski definition) is 1. The Hall–Kier alpha value is -0.0400. The molecular formula is C9H19N. The molecule has 0 aromatic carbocycles. The number of nitrogens with two attached hydrogens (primary N) is 1. The maximum atomic E-state index is 5.80. The lowest BCUT2D eigenvalue weighted by Gasteiger charge is -2.28. The lowest BCUT2D eigenvalue weighted by atomic mass is 9.80. The van der Waals surface area contributed by atoms with Gasteiger partial charge in [0.15, 0.2) is 0 Å². The third-order valence-electron chi connectivity index (χ3n) is 2.76. The van der Waals surface area contributed by atoms with Gasteiger partial charge < -0.3 is 5.73 Å². The van der Waals surface area contributed by atoms with Crippen molar-refractivity contribution in [2.24, 2.45) is 17.6 Å². The van der Waals surface area contributed by atoms with Crippen LogP contribution in [0.1, 0.15) is 39.5 Å². The van der Waals surface area contributed by atoms with Crippen molar-refractivity contribution in [2.75, 3.05) is 0 Å². The van der Waals surface area contributed by atoms with Crippen molar-refractivity contribution in [3.63, 3.8) is 0 Å². The van der Waals surface area contributed by atoms with E-state index in [0.717, 1.165) is 11.8 Å². The first-order valence-electron chi connectivity index (χ1n) is 4.45. The van der Waals surface area contributed by atoms with Crippen LogP contribution < -0.4 is 5.73 Å². The molecule has 1 nitrogen and oxygen atoms in total. The van der Waals surface area contributed by atoms with Gasteiger partial charge in [0, 0.05) is 6.04 Å². The van der Waals surface area contributed by atoms with Gasteiger partial charge in [-0.2, -0.15) is 0 Å². The van der Waals surface area contributed by atoms with Crippen molar-refractivity contribution >= 4 is 0 Å². The largest absolute Gasteiger partial charge is 0.328 e. The van der Waals surface area contributed by atoms with Crippen LogP contribution in [0, 0.1) is 11.8 Å². The molecule has 0 spiro atoms. The van der Waals surface area contributed by atoms with E-state index in [2.05, 4.69) is 13.8 Å². The molecule has 1 heteroatoms. The molecule has 0 saturated heterocycles. The van der Waals surface area contributed by atoms with Crippen molar-refractivity contribution in [1.29, 1.82) is 0 Å². The van der Waals surface area contributed by atoms with Gasteiger partial charge in [0.25, 0.3) is 0 Å². The Balaban J connectivity index is 2.26. The molecule has 60 valence electrons. The van der Waals surface area contributed by atoms with Gasteiger partial charge in [-0.15, -0.1) is 0 Å².